The fourth-order valence-electron chi connectivity index (χ4n) is 3.09. The first kappa shape index (κ1) is 17.0. The second kappa shape index (κ2) is 7.65. The van der Waals surface area contributed by atoms with E-state index in [1.54, 1.807) is 0 Å². The maximum Gasteiger partial charge on any atom is 0.307 e. The Morgan fingerprint density at radius 1 is 1.00 bits per heavy atom. The van der Waals surface area contributed by atoms with Gasteiger partial charge in [0, 0.05) is 13.1 Å². The molecule has 116 valence electrons. The van der Waals surface area contributed by atoms with Crippen LogP contribution < -0.4 is 0 Å². The zero-order valence-electron chi connectivity index (χ0n) is 13.3. The Morgan fingerprint density at radius 2 is 1.45 bits per heavy atom. The minimum absolute atomic E-state index is 0.0551. The number of hydrogen-bond donors (Lipinski definition) is 1. The molecule has 0 unspecified atom stereocenters. The molecule has 1 fully saturated rings. The molecule has 1 amide bonds. The van der Waals surface area contributed by atoms with Crippen molar-refractivity contribution >= 4 is 11.9 Å². The van der Waals surface area contributed by atoms with Gasteiger partial charge in [-0.05, 0) is 24.7 Å². The van der Waals surface area contributed by atoms with Gasteiger partial charge in [-0.25, -0.2) is 0 Å². The summed E-state index contributed by atoms with van der Waals surface area (Å²) >= 11 is 0. The molecule has 0 heterocycles. The van der Waals surface area contributed by atoms with E-state index in [1.807, 2.05) is 4.90 Å². The molecular weight excluding hydrogens is 254 g/mol. The van der Waals surface area contributed by atoms with Crippen LogP contribution in [0.2, 0.25) is 0 Å². The van der Waals surface area contributed by atoms with Crippen LogP contribution in [0.15, 0.2) is 0 Å². The van der Waals surface area contributed by atoms with Gasteiger partial charge in [-0.3, -0.25) is 9.59 Å². The lowest BCUT2D eigenvalue weighted by Gasteiger charge is -2.34. The Balaban J connectivity index is 2.82. The number of carbonyl (C=O) groups is 2. The van der Waals surface area contributed by atoms with Crippen LogP contribution in [0.4, 0.5) is 0 Å². The predicted molar refractivity (Wildman–Crippen MR) is 79.3 cm³/mol. The van der Waals surface area contributed by atoms with E-state index in [9.17, 15) is 14.7 Å². The van der Waals surface area contributed by atoms with Crippen molar-refractivity contribution in [3.8, 4) is 0 Å². The van der Waals surface area contributed by atoms with Gasteiger partial charge < -0.3 is 10.0 Å². The average molecular weight is 283 g/mol. The number of nitrogens with zero attached hydrogens (tertiary/aromatic N) is 1. The lowest BCUT2D eigenvalue weighted by molar-refractivity contribution is -0.152. The van der Waals surface area contributed by atoms with E-state index >= 15 is 0 Å². The van der Waals surface area contributed by atoms with E-state index in [1.165, 1.54) is 0 Å². The largest absolute Gasteiger partial charge is 0.481 e. The number of hydrogen-bond acceptors (Lipinski definition) is 2. The molecule has 1 rings (SSSR count). The van der Waals surface area contributed by atoms with Gasteiger partial charge in [0.25, 0.3) is 0 Å². The number of carboxylic acids is 1. The lowest BCUT2D eigenvalue weighted by atomic mass is 9.78. The second-order valence-electron chi connectivity index (χ2n) is 6.87. The number of amides is 1. The van der Waals surface area contributed by atoms with Gasteiger partial charge in [-0.2, -0.15) is 0 Å². The van der Waals surface area contributed by atoms with Crippen molar-refractivity contribution in [1.82, 2.24) is 4.90 Å². The van der Waals surface area contributed by atoms with Gasteiger partial charge in [0.2, 0.25) is 5.91 Å². The lowest BCUT2D eigenvalue weighted by Crippen LogP contribution is -2.45. The normalized spacial score (nSPS) is 23.1. The zero-order valence-corrected chi connectivity index (χ0v) is 13.3. The highest BCUT2D eigenvalue weighted by molar-refractivity contribution is 5.85. The molecule has 1 N–H and O–H groups in total. The SMILES string of the molecule is CC(C)CN(CC(C)C)C(=O)[C@@H]1CCCC[C@@H]1C(=O)O. The van der Waals surface area contributed by atoms with Crippen molar-refractivity contribution in [3.63, 3.8) is 0 Å². The maximum atomic E-state index is 12.7. The van der Waals surface area contributed by atoms with Gasteiger partial charge in [-0.15, -0.1) is 0 Å². The van der Waals surface area contributed by atoms with Crippen LogP contribution in [0.3, 0.4) is 0 Å². The van der Waals surface area contributed by atoms with Crippen LogP contribution in [-0.2, 0) is 9.59 Å². The number of rotatable bonds is 6. The summed E-state index contributed by atoms with van der Waals surface area (Å²) < 4.78 is 0. The first-order chi connectivity index (χ1) is 9.32. The molecule has 4 heteroatoms. The van der Waals surface area contributed by atoms with Crippen molar-refractivity contribution in [1.29, 1.82) is 0 Å². The number of aliphatic carboxylic acids is 1. The standard InChI is InChI=1S/C16H29NO3/c1-11(2)9-17(10-12(3)4)15(18)13-7-5-6-8-14(13)16(19)20/h11-14H,5-10H2,1-4H3,(H,19,20)/t13-,14+/m1/s1. The highest BCUT2D eigenvalue weighted by atomic mass is 16.4. The second-order valence-corrected chi connectivity index (χ2v) is 6.87. The quantitative estimate of drug-likeness (QED) is 0.815. The smallest absolute Gasteiger partial charge is 0.307 e. The molecule has 4 nitrogen and oxygen atoms in total. The third kappa shape index (κ3) is 4.80. The molecule has 1 aliphatic rings. The van der Waals surface area contributed by atoms with Gasteiger partial charge in [0.15, 0.2) is 0 Å². The molecule has 0 radical (unpaired) electrons. The molecule has 2 atom stereocenters. The molecular formula is C16H29NO3. The molecule has 0 aromatic heterocycles. The summed E-state index contributed by atoms with van der Waals surface area (Å²) in [6.45, 7) is 9.82. The summed E-state index contributed by atoms with van der Waals surface area (Å²) in [6.07, 6.45) is 3.26. The average Bonchev–Trinajstić information content (AvgIpc) is 2.36. The highest BCUT2D eigenvalue weighted by Crippen LogP contribution is 2.32. The van der Waals surface area contributed by atoms with Gasteiger partial charge in [0.05, 0.1) is 11.8 Å². The van der Waals surface area contributed by atoms with E-state index in [2.05, 4.69) is 27.7 Å². The zero-order chi connectivity index (χ0) is 15.3. The minimum atomic E-state index is -0.808. The third-order valence-electron chi connectivity index (χ3n) is 3.88. The topological polar surface area (TPSA) is 57.6 Å². The fraction of sp³-hybridized carbons (Fsp3) is 0.875. The van der Waals surface area contributed by atoms with Gasteiger partial charge in [0.1, 0.15) is 0 Å². The summed E-state index contributed by atoms with van der Waals surface area (Å²) in [6, 6.07) is 0. The van der Waals surface area contributed by atoms with Crippen molar-refractivity contribution in [2.75, 3.05) is 13.1 Å². The first-order valence-electron chi connectivity index (χ1n) is 7.84. The van der Waals surface area contributed by atoms with Crippen LogP contribution in [0.1, 0.15) is 53.4 Å². The molecule has 0 aliphatic heterocycles. The van der Waals surface area contributed by atoms with Crippen LogP contribution in [-0.4, -0.2) is 35.0 Å². The Bertz CT molecular complexity index is 329. The monoisotopic (exact) mass is 283 g/mol. The first-order valence-corrected chi connectivity index (χ1v) is 7.84. The Kier molecular flexibility index (Phi) is 6.50. The molecule has 0 aromatic rings. The molecule has 0 spiro atoms. The summed E-state index contributed by atoms with van der Waals surface area (Å²) in [5, 5.41) is 9.33. The van der Waals surface area contributed by atoms with Crippen LogP contribution in [0, 0.1) is 23.7 Å². The van der Waals surface area contributed by atoms with Crippen LogP contribution in [0.25, 0.3) is 0 Å². The van der Waals surface area contributed by atoms with Crippen LogP contribution >= 0.6 is 0 Å². The summed E-state index contributed by atoms with van der Waals surface area (Å²) in [5.41, 5.74) is 0. The molecule has 1 aliphatic carbocycles. The molecule has 0 aromatic carbocycles. The Morgan fingerprint density at radius 3 is 1.85 bits per heavy atom. The molecule has 0 saturated heterocycles. The van der Waals surface area contributed by atoms with E-state index in [0.29, 0.717) is 18.3 Å². The van der Waals surface area contributed by atoms with E-state index < -0.39 is 11.9 Å². The van der Waals surface area contributed by atoms with Crippen molar-refractivity contribution in [3.05, 3.63) is 0 Å². The predicted octanol–water partition coefficient (Wildman–Crippen LogP) is 3.02. The summed E-state index contributed by atoms with van der Waals surface area (Å²) in [5.74, 6) is -0.748. The maximum absolute atomic E-state index is 12.7. The third-order valence-corrected chi connectivity index (χ3v) is 3.88. The Hall–Kier alpha value is -1.06. The summed E-state index contributed by atoms with van der Waals surface area (Å²) in [7, 11) is 0. The molecule has 1 saturated carbocycles. The Labute approximate surface area is 122 Å². The summed E-state index contributed by atoms with van der Waals surface area (Å²) in [4.78, 5) is 26.0. The van der Waals surface area contributed by atoms with E-state index in [4.69, 9.17) is 0 Å². The van der Waals surface area contributed by atoms with Crippen LogP contribution in [0.5, 0.6) is 0 Å². The minimum Gasteiger partial charge on any atom is -0.481 e. The molecule has 20 heavy (non-hydrogen) atoms. The van der Waals surface area contributed by atoms with Crippen molar-refractivity contribution in [2.45, 2.75) is 53.4 Å². The van der Waals surface area contributed by atoms with E-state index in [-0.39, 0.29) is 11.8 Å². The number of carbonyl (C=O) groups excluding carboxylic acids is 1. The highest BCUT2D eigenvalue weighted by Gasteiger charge is 2.37. The van der Waals surface area contributed by atoms with E-state index in [0.717, 1.165) is 32.4 Å². The van der Waals surface area contributed by atoms with Gasteiger partial charge in [-0.1, -0.05) is 40.5 Å². The van der Waals surface area contributed by atoms with Crippen molar-refractivity contribution in [2.24, 2.45) is 23.7 Å². The number of carboxylic acid groups (broad SMARTS) is 1. The van der Waals surface area contributed by atoms with Crippen molar-refractivity contribution < 1.29 is 14.7 Å². The van der Waals surface area contributed by atoms with Gasteiger partial charge >= 0.3 is 5.97 Å². The fourth-order valence-corrected chi connectivity index (χ4v) is 3.09. The molecule has 0 bridgehead atoms.